The van der Waals surface area contributed by atoms with Gasteiger partial charge in [0.15, 0.2) is 11.6 Å². The number of nitrogens with zero attached hydrogens (tertiary/aromatic N) is 5. The minimum atomic E-state index is -3.48. The van der Waals surface area contributed by atoms with E-state index in [0.29, 0.717) is 27.7 Å². The highest BCUT2D eigenvalue weighted by molar-refractivity contribution is 7.89. The topological polar surface area (TPSA) is 108 Å². The highest BCUT2D eigenvalue weighted by Crippen LogP contribution is 2.42. The number of rotatable bonds is 5. The second-order valence-corrected chi connectivity index (χ2v) is 10.1. The maximum Gasteiger partial charge on any atom is 0.213 e. The fourth-order valence-corrected chi connectivity index (χ4v) is 5.63. The third kappa shape index (κ3) is 2.83. The summed E-state index contributed by atoms with van der Waals surface area (Å²) in [4.78, 5) is 11.5. The molecule has 1 aliphatic heterocycles. The van der Waals surface area contributed by atoms with Gasteiger partial charge in [0.05, 0.1) is 35.0 Å². The number of hydrogen-bond donors (Lipinski definition) is 1. The lowest BCUT2D eigenvalue weighted by atomic mass is 9.88. The van der Waals surface area contributed by atoms with Gasteiger partial charge in [0.1, 0.15) is 12.0 Å². The van der Waals surface area contributed by atoms with Crippen molar-refractivity contribution in [3.8, 4) is 17.3 Å². The van der Waals surface area contributed by atoms with E-state index in [-0.39, 0.29) is 30.8 Å². The average Bonchev–Trinajstić information content (AvgIpc) is 3.38. The summed E-state index contributed by atoms with van der Waals surface area (Å²) >= 11 is 0. The molecule has 0 bridgehead atoms. The Balaban J connectivity index is 1.76. The number of fused-ring (bicyclic) bond motifs is 2. The number of sulfonamides is 1. The van der Waals surface area contributed by atoms with Crippen molar-refractivity contribution in [2.45, 2.75) is 18.9 Å². The van der Waals surface area contributed by atoms with E-state index >= 15 is 4.39 Å². The zero-order valence-corrected chi connectivity index (χ0v) is 17.8. The summed E-state index contributed by atoms with van der Waals surface area (Å²) < 4.78 is 56.8. The maximum absolute atomic E-state index is 15.1. The molecule has 5 rings (SSSR count). The highest BCUT2D eigenvalue weighted by atomic mass is 32.2. The van der Waals surface area contributed by atoms with Gasteiger partial charge >= 0.3 is 0 Å². The summed E-state index contributed by atoms with van der Waals surface area (Å²) in [6.45, 7) is 1.54. The number of hydrogen-bond acceptors (Lipinski definition) is 5. The largest absolute Gasteiger partial charge is 0.346 e. The van der Waals surface area contributed by atoms with Gasteiger partial charge < -0.3 is 9.55 Å². The van der Waals surface area contributed by atoms with Crippen LogP contribution in [0.4, 0.5) is 8.78 Å². The van der Waals surface area contributed by atoms with Crippen molar-refractivity contribution in [3.05, 3.63) is 48.6 Å². The monoisotopic (exact) mass is 456 g/mol. The van der Waals surface area contributed by atoms with E-state index in [0.717, 1.165) is 6.07 Å². The first-order valence-electron chi connectivity index (χ1n) is 9.94. The van der Waals surface area contributed by atoms with Crippen molar-refractivity contribution < 1.29 is 17.2 Å². The number of H-pyrrole nitrogens is 1. The molecule has 3 aromatic heterocycles. The van der Waals surface area contributed by atoms with Gasteiger partial charge in [-0.05, 0) is 25.1 Å². The number of benzene rings is 1. The molecular weight excluding hydrogens is 438 g/mol. The van der Waals surface area contributed by atoms with Crippen LogP contribution < -0.4 is 0 Å². The van der Waals surface area contributed by atoms with E-state index in [2.05, 4.69) is 21.0 Å². The lowest BCUT2D eigenvalue weighted by molar-refractivity contribution is 0.0887. The van der Waals surface area contributed by atoms with E-state index in [1.54, 1.807) is 18.5 Å². The Labute approximate surface area is 182 Å². The molecule has 32 heavy (non-hydrogen) atoms. The average molecular weight is 456 g/mol. The van der Waals surface area contributed by atoms with Gasteiger partial charge in [0, 0.05) is 41.8 Å². The maximum atomic E-state index is 15.1. The summed E-state index contributed by atoms with van der Waals surface area (Å²) in [5, 5.41) is 10.6. The van der Waals surface area contributed by atoms with Crippen LogP contribution >= 0.6 is 0 Å². The molecule has 1 aromatic carbocycles. The Bertz CT molecular complexity index is 1510. The second kappa shape index (κ2) is 7.08. The molecule has 1 saturated heterocycles. The molecule has 11 heteroatoms. The predicted molar refractivity (Wildman–Crippen MR) is 114 cm³/mol. The minimum absolute atomic E-state index is 0.000748. The van der Waals surface area contributed by atoms with Gasteiger partial charge in [0.25, 0.3) is 0 Å². The van der Waals surface area contributed by atoms with Gasteiger partial charge in [-0.1, -0.05) is 0 Å². The SMILES string of the molecule is CCS(=O)(=O)N1CC(CC#N)(n2cc(-c3ncnc4[nH]ccc34)c3ccc(F)c(F)c32)C1. The van der Waals surface area contributed by atoms with Gasteiger partial charge in [-0.2, -0.15) is 9.57 Å². The first-order valence-corrected chi connectivity index (χ1v) is 11.5. The molecule has 164 valence electrons. The summed E-state index contributed by atoms with van der Waals surface area (Å²) in [5.41, 5.74) is 0.613. The number of halogens is 2. The molecule has 1 fully saturated rings. The first kappa shape index (κ1) is 20.5. The lowest BCUT2D eigenvalue weighted by Crippen LogP contribution is -2.64. The number of nitrogens with one attached hydrogen (secondary N) is 1. The van der Waals surface area contributed by atoms with Crippen molar-refractivity contribution >= 4 is 32.0 Å². The number of aromatic nitrogens is 4. The molecule has 1 N–H and O–H groups in total. The number of aromatic amines is 1. The Morgan fingerprint density at radius 3 is 2.72 bits per heavy atom. The molecular formula is C21H18F2N6O2S. The molecule has 0 atom stereocenters. The minimum Gasteiger partial charge on any atom is -0.346 e. The summed E-state index contributed by atoms with van der Waals surface area (Å²) in [6.07, 6.45) is 4.65. The zero-order valence-electron chi connectivity index (χ0n) is 17.0. The summed E-state index contributed by atoms with van der Waals surface area (Å²) in [5.74, 6) is -2.16. The first-order chi connectivity index (χ1) is 15.3. The molecule has 0 spiro atoms. The fraction of sp³-hybridized carbons (Fsp3) is 0.286. The Morgan fingerprint density at radius 2 is 2.00 bits per heavy atom. The van der Waals surface area contributed by atoms with E-state index in [9.17, 15) is 18.1 Å². The van der Waals surface area contributed by atoms with Crippen LogP contribution in [-0.2, 0) is 15.6 Å². The standard InChI is InChI=1S/C21H18F2N6O2S/c1-2-32(30,31)28-10-21(11-28,6-7-24)29-9-15(13-3-4-16(22)17(23)19(13)29)18-14-5-8-25-20(14)27-12-26-18/h3-5,8-9,12H,2,6,10-11H2,1H3,(H,25,26,27). The lowest BCUT2D eigenvalue weighted by Gasteiger charge is -2.49. The Morgan fingerprint density at radius 1 is 1.22 bits per heavy atom. The second-order valence-electron chi connectivity index (χ2n) is 7.86. The van der Waals surface area contributed by atoms with Crippen LogP contribution in [0, 0.1) is 23.0 Å². The Hall–Kier alpha value is -3.36. The quantitative estimate of drug-likeness (QED) is 0.496. The summed E-state index contributed by atoms with van der Waals surface area (Å²) in [7, 11) is -3.48. The van der Waals surface area contributed by atoms with E-state index in [4.69, 9.17) is 0 Å². The van der Waals surface area contributed by atoms with Crippen LogP contribution in [0.15, 0.2) is 36.9 Å². The van der Waals surface area contributed by atoms with Crippen molar-refractivity contribution in [3.63, 3.8) is 0 Å². The van der Waals surface area contributed by atoms with Gasteiger partial charge in [-0.15, -0.1) is 0 Å². The zero-order chi connectivity index (χ0) is 22.7. The molecule has 0 amide bonds. The van der Waals surface area contributed by atoms with Crippen LogP contribution in [0.5, 0.6) is 0 Å². The van der Waals surface area contributed by atoms with Crippen molar-refractivity contribution in [2.24, 2.45) is 0 Å². The van der Waals surface area contributed by atoms with Gasteiger partial charge in [-0.25, -0.2) is 27.2 Å². The van der Waals surface area contributed by atoms with E-state index in [1.165, 1.54) is 28.2 Å². The van der Waals surface area contributed by atoms with Crippen molar-refractivity contribution in [1.82, 2.24) is 23.8 Å². The van der Waals surface area contributed by atoms with Crippen LogP contribution in [0.3, 0.4) is 0 Å². The Kier molecular flexibility index (Phi) is 4.54. The molecule has 4 aromatic rings. The molecule has 0 aliphatic carbocycles. The molecule has 0 radical (unpaired) electrons. The fourth-order valence-electron chi connectivity index (χ4n) is 4.39. The van der Waals surface area contributed by atoms with Crippen LogP contribution in [0.25, 0.3) is 33.2 Å². The third-order valence-corrected chi connectivity index (χ3v) is 7.86. The van der Waals surface area contributed by atoms with Crippen LogP contribution in [0.1, 0.15) is 13.3 Å². The van der Waals surface area contributed by atoms with E-state index in [1.807, 2.05) is 0 Å². The van der Waals surface area contributed by atoms with E-state index < -0.39 is 27.2 Å². The molecule has 4 heterocycles. The number of nitriles is 1. The molecule has 0 saturated carbocycles. The molecule has 1 aliphatic rings. The smallest absolute Gasteiger partial charge is 0.213 e. The van der Waals surface area contributed by atoms with Gasteiger partial charge in [-0.3, -0.25) is 0 Å². The summed E-state index contributed by atoms with van der Waals surface area (Å²) in [6, 6.07) is 6.39. The van der Waals surface area contributed by atoms with Crippen molar-refractivity contribution in [1.29, 1.82) is 5.26 Å². The molecule has 8 nitrogen and oxygen atoms in total. The third-order valence-electron chi connectivity index (χ3n) is 6.09. The molecule has 0 unspecified atom stereocenters. The van der Waals surface area contributed by atoms with Crippen molar-refractivity contribution in [2.75, 3.05) is 18.8 Å². The normalized spacial score (nSPS) is 16.3. The van der Waals surface area contributed by atoms with Crippen LogP contribution in [-0.4, -0.2) is 51.1 Å². The highest BCUT2D eigenvalue weighted by Gasteiger charge is 2.50. The van der Waals surface area contributed by atoms with Crippen LogP contribution in [0.2, 0.25) is 0 Å². The van der Waals surface area contributed by atoms with Gasteiger partial charge in [0.2, 0.25) is 10.0 Å². The predicted octanol–water partition coefficient (Wildman–Crippen LogP) is 3.13.